The quantitative estimate of drug-likeness (QED) is 0.853. The van der Waals surface area contributed by atoms with E-state index >= 15 is 0 Å². The predicted molar refractivity (Wildman–Crippen MR) is 72.0 cm³/mol. The molecule has 1 N–H and O–H groups in total. The number of aromatic nitrogens is 4. The Hall–Kier alpha value is -2.28. The monoisotopic (exact) mass is 272 g/mol. The van der Waals surface area contributed by atoms with E-state index in [1.807, 2.05) is 18.2 Å². The Morgan fingerprint density at radius 1 is 1.50 bits per heavy atom. The maximum Gasteiger partial charge on any atom is 0.276 e. The number of carbonyl (C=O) groups is 1. The van der Waals surface area contributed by atoms with Crippen LogP contribution in [0.1, 0.15) is 22.2 Å². The summed E-state index contributed by atoms with van der Waals surface area (Å²) in [5.41, 5.74) is 1.22. The first kappa shape index (κ1) is 12.7. The van der Waals surface area contributed by atoms with Gasteiger partial charge in [-0.2, -0.15) is 0 Å². The van der Waals surface area contributed by atoms with Crippen molar-refractivity contribution in [3.05, 3.63) is 42.0 Å². The van der Waals surface area contributed by atoms with E-state index < -0.39 is 0 Å². The van der Waals surface area contributed by atoms with Crippen molar-refractivity contribution in [2.45, 2.75) is 12.6 Å². The summed E-state index contributed by atoms with van der Waals surface area (Å²) in [5.74, 6) is -0.144. The third kappa shape index (κ3) is 2.53. The summed E-state index contributed by atoms with van der Waals surface area (Å²) in [7, 11) is 1.74. The molecule has 1 saturated heterocycles. The molecule has 3 heterocycles. The summed E-state index contributed by atoms with van der Waals surface area (Å²) < 4.78 is 1.75. The number of rotatable bonds is 4. The highest BCUT2D eigenvalue weighted by Crippen LogP contribution is 2.11. The van der Waals surface area contributed by atoms with Crippen molar-refractivity contribution in [2.75, 3.05) is 20.1 Å². The maximum absolute atomic E-state index is 12.3. The summed E-state index contributed by atoms with van der Waals surface area (Å²) in [6, 6.07) is 5.95. The van der Waals surface area contributed by atoms with Gasteiger partial charge in [-0.3, -0.25) is 9.78 Å². The van der Waals surface area contributed by atoms with Gasteiger partial charge in [0.2, 0.25) is 0 Å². The highest BCUT2D eigenvalue weighted by Gasteiger charge is 2.23. The van der Waals surface area contributed by atoms with Crippen molar-refractivity contribution in [1.82, 2.24) is 30.2 Å². The van der Waals surface area contributed by atoms with Crippen LogP contribution in [-0.2, 0) is 6.54 Å². The molecule has 0 aliphatic carbocycles. The van der Waals surface area contributed by atoms with Gasteiger partial charge in [0.1, 0.15) is 0 Å². The van der Waals surface area contributed by atoms with Gasteiger partial charge in [-0.15, -0.1) is 5.10 Å². The lowest BCUT2D eigenvalue weighted by atomic mass is 10.2. The lowest BCUT2D eigenvalue weighted by molar-refractivity contribution is 0.0777. The number of amides is 1. The molecule has 1 aliphatic heterocycles. The van der Waals surface area contributed by atoms with Crippen LogP contribution in [0.15, 0.2) is 30.6 Å². The molecule has 0 bridgehead atoms. The van der Waals surface area contributed by atoms with E-state index in [0.29, 0.717) is 18.3 Å². The lowest BCUT2D eigenvalue weighted by Gasteiger charge is -2.26. The Kier molecular flexibility index (Phi) is 3.42. The topological polar surface area (TPSA) is 75.9 Å². The van der Waals surface area contributed by atoms with Gasteiger partial charge in [-0.05, 0) is 12.1 Å². The molecule has 3 rings (SSSR count). The Bertz CT molecular complexity index is 592. The minimum Gasteiger partial charge on any atom is -0.334 e. The van der Waals surface area contributed by atoms with Crippen LogP contribution in [0.2, 0.25) is 0 Å². The van der Waals surface area contributed by atoms with Crippen molar-refractivity contribution < 1.29 is 4.79 Å². The molecule has 0 atom stereocenters. The number of nitrogens with zero attached hydrogens (tertiary/aromatic N) is 5. The van der Waals surface area contributed by atoms with Crippen LogP contribution in [-0.4, -0.2) is 50.9 Å². The zero-order valence-corrected chi connectivity index (χ0v) is 11.2. The van der Waals surface area contributed by atoms with Crippen molar-refractivity contribution >= 4 is 5.91 Å². The fourth-order valence-electron chi connectivity index (χ4n) is 2.02. The average molecular weight is 272 g/mol. The first-order chi connectivity index (χ1) is 9.74. The molecule has 104 valence electrons. The molecule has 1 aliphatic rings. The van der Waals surface area contributed by atoms with Crippen molar-refractivity contribution in [3.63, 3.8) is 0 Å². The van der Waals surface area contributed by atoms with Crippen LogP contribution in [0.5, 0.6) is 0 Å². The van der Waals surface area contributed by atoms with E-state index in [2.05, 4.69) is 20.6 Å². The largest absolute Gasteiger partial charge is 0.334 e. The Morgan fingerprint density at radius 2 is 2.35 bits per heavy atom. The molecule has 1 fully saturated rings. The van der Waals surface area contributed by atoms with Gasteiger partial charge >= 0.3 is 0 Å². The first-order valence-electron chi connectivity index (χ1n) is 6.52. The fourth-order valence-corrected chi connectivity index (χ4v) is 2.02. The molecule has 20 heavy (non-hydrogen) atoms. The summed E-state index contributed by atoms with van der Waals surface area (Å²) in [6.07, 6.45) is 3.43. The van der Waals surface area contributed by atoms with E-state index in [4.69, 9.17) is 0 Å². The van der Waals surface area contributed by atoms with Crippen LogP contribution >= 0.6 is 0 Å². The lowest BCUT2D eigenvalue weighted by Crippen LogP contribution is -2.43. The fraction of sp³-hybridized carbons (Fsp3) is 0.385. The van der Waals surface area contributed by atoms with Crippen LogP contribution in [0.4, 0.5) is 0 Å². The molecule has 2 aromatic rings. The van der Waals surface area contributed by atoms with Crippen molar-refractivity contribution in [1.29, 1.82) is 0 Å². The predicted octanol–water partition coefficient (Wildman–Crippen LogP) is 0.0896. The van der Waals surface area contributed by atoms with E-state index in [-0.39, 0.29) is 5.91 Å². The summed E-state index contributed by atoms with van der Waals surface area (Å²) in [6.45, 7) is 2.21. The number of hydrogen-bond donors (Lipinski definition) is 1. The minimum absolute atomic E-state index is 0.144. The number of carbonyl (C=O) groups excluding carboxylic acids is 1. The zero-order chi connectivity index (χ0) is 13.9. The number of nitrogens with one attached hydrogen (secondary N) is 1. The minimum atomic E-state index is -0.144. The Morgan fingerprint density at radius 3 is 3.00 bits per heavy atom. The summed E-state index contributed by atoms with van der Waals surface area (Å²) >= 11 is 0. The smallest absolute Gasteiger partial charge is 0.276 e. The molecular weight excluding hydrogens is 256 g/mol. The average Bonchev–Trinajstić information content (AvgIpc) is 2.86. The third-order valence-electron chi connectivity index (χ3n) is 3.34. The van der Waals surface area contributed by atoms with Gasteiger partial charge in [0.15, 0.2) is 5.69 Å². The molecule has 0 spiro atoms. The third-order valence-corrected chi connectivity index (χ3v) is 3.34. The molecule has 0 saturated carbocycles. The molecular formula is C13H16N6O. The van der Waals surface area contributed by atoms with E-state index in [1.54, 1.807) is 29.0 Å². The van der Waals surface area contributed by atoms with Gasteiger partial charge in [0, 0.05) is 26.3 Å². The molecule has 0 radical (unpaired) electrons. The van der Waals surface area contributed by atoms with Gasteiger partial charge < -0.3 is 10.2 Å². The first-order valence-corrected chi connectivity index (χ1v) is 6.52. The van der Waals surface area contributed by atoms with E-state index in [1.165, 1.54) is 0 Å². The van der Waals surface area contributed by atoms with Gasteiger partial charge in [-0.1, -0.05) is 11.3 Å². The Balaban J connectivity index is 1.66. The van der Waals surface area contributed by atoms with Crippen molar-refractivity contribution in [2.24, 2.45) is 0 Å². The highest BCUT2D eigenvalue weighted by atomic mass is 16.2. The van der Waals surface area contributed by atoms with E-state index in [0.717, 1.165) is 18.8 Å². The maximum atomic E-state index is 12.3. The summed E-state index contributed by atoms with van der Waals surface area (Å²) in [5, 5.41) is 11.1. The SMILES string of the molecule is CN(Cc1ccccn1)C(=O)c1cn(C2CNC2)nn1. The molecule has 1 amide bonds. The van der Waals surface area contributed by atoms with Crippen LogP contribution in [0, 0.1) is 0 Å². The second-order valence-corrected chi connectivity index (χ2v) is 4.88. The van der Waals surface area contributed by atoms with Crippen LogP contribution in [0.3, 0.4) is 0 Å². The van der Waals surface area contributed by atoms with Crippen molar-refractivity contribution in [3.8, 4) is 0 Å². The van der Waals surface area contributed by atoms with Gasteiger partial charge in [0.25, 0.3) is 5.91 Å². The van der Waals surface area contributed by atoms with Crippen LogP contribution in [0.25, 0.3) is 0 Å². The van der Waals surface area contributed by atoms with Gasteiger partial charge in [0.05, 0.1) is 24.5 Å². The molecule has 0 aromatic carbocycles. The molecule has 2 aromatic heterocycles. The van der Waals surface area contributed by atoms with Crippen LogP contribution < -0.4 is 5.32 Å². The standard InChI is InChI=1S/C13H16N6O/c1-18(8-10-4-2-3-5-15-10)13(20)12-9-19(17-16-12)11-6-14-7-11/h2-5,9,11,14H,6-8H2,1H3. The number of hydrogen-bond acceptors (Lipinski definition) is 5. The normalized spacial score (nSPS) is 14.8. The summed E-state index contributed by atoms with van der Waals surface area (Å²) in [4.78, 5) is 18.1. The molecule has 7 nitrogen and oxygen atoms in total. The second kappa shape index (κ2) is 5.38. The Labute approximate surface area is 116 Å². The van der Waals surface area contributed by atoms with Gasteiger partial charge in [-0.25, -0.2) is 4.68 Å². The second-order valence-electron chi connectivity index (χ2n) is 4.88. The molecule has 0 unspecified atom stereocenters. The highest BCUT2D eigenvalue weighted by molar-refractivity contribution is 5.91. The van der Waals surface area contributed by atoms with E-state index in [9.17, 15) is 4.79 Å². The zero-order valence-electron chi connectivity index (χ0n) is 11.2. The number of pyridine rings is 1. The molecule has 7 heteroatoms.